The van der Waals surface area contributed by atoms with Crippen LogP contribution in [0.1, 0.15) is 11.1 Å². The van der Waals surface area contributed by atoms with Crippen molar-refractivity contribution in [2.45, 2.75) is 6.61 Å². The van der Waals surface area contributed by atoms with Crippen LogP contribution in [0.5, 0.6) is 5.75 Å². The number of esters is 1. The van der Waals surface area contributed by atoms with Crippen molar-refractivity contribution in [3.8, 4) is 18.1 Å². The van der Waals surface area contributed by atoms with E-state index < -0.39 is 5.97 Å². The summed E-state index contributed by atoms with van der Waals surface area (Å²) in [6.45, 7) is 0.286. The first-order valence-electron chi connectivity index (χ1n) is 7.14. The Kier molecular flexibility index (Phi) is 7.39. The number of ether oxygens (including phenoxy) is 2. The Morgan fingerprint density at radius 1 is 1.24 bits per heavy atom. The van der Waals surface area contributed by atoms with Crippen molar-refractivity contribution in [3.63, 3.8) is 0 Å². The van der Waals surface area contributed by atoms with E-state index in [1.807, 2.05) is 12.1 Å². The summed E-state index contributed by atoms with van der Waals surface area (Å²) in [5.74, 6) is 2.22. The van der Waals surface area contributed by atoms with Crippen molar-refractivity contribution in [1.29, 1.82) is 0 Å². The number of carbonyl (C=O) groups is 1. The zero-order valence-electron chi connectivity index (χ0n) is 13.0. The van der Waals surface area contributed by atoms with E-state index in [4.69, 9.17) is 39.1 Å². The maximum absolute atomic E-state index is 11.4. The molecule has 0 bridgehead atoms. The number of terminal acetylenes is 1. The topological polar surface area (TPSA) is 35.5 Å². The third-order valence-corrected chi connectivity index (χ3v) is 4.15. The average Bonchev–Trinajstić information content (AvgIpc) is 2.59. The minimum absolute atomic E-state index is 0.0644. The molecular weight excluding hydrogens is 427 g/mol. The highest BCUT2D eigenvalue weighted by molar-refractivity contribution is 9.10. The van der Waals surface area contributed by atoms with Crippen molar-refractivity contribution >= 4 is 51.2 Å². The zero-order valence-corrected chi connectivity index (χ0v) is 16.1. The fourth-order valence-corrected chi connectivity index (χ4v) is 2.99. The largest absolute Gasteiger partial charge is 0.486 e. The molecule has 2 aromatic carbocycles. The van der Waals surface area contributed by atoms with Crippen molar-refractivity contribution in [2.24, 2.45) is 0 Å². The molecule has 0 radical (unpaired) electrons. The van der Waals surface area contributed by atoms with Gasteiger partial charge in [0.05, 0.1) is 9.50 Å². The summed E-state index contributed by atoms with van der Waals surface area (Å²) >= 11 is 15.6. The molecule has 2 aromatic rings. The van der Waals surface area contributed by atoms with E-state index in [2.05, 4.69) is 21.9 Å². The van der Waals surface area contributed by atoms with Gasteiger partial charge in [-0.2, -0.15) is 0 Å². The second kappa shape index (κ2) is 9.53. The number of benzene rings is 2. The van der Waals surface area contributed by atoms with Gasteiger partial charge in [0.2, 0.25) is 0 Å². The fraction of sp³-hybridized carbons (Fsp3) is 0.105. The molecule has 0 saturated carbocycles. The standard InChI is InChI=1S/C19H13BrCl2O3/c1-2-9-24-18(23)8-5-14-10-16(20)19(17(22)11-14)25-12-13-3-6-15(21)7-4-13/h1,3-8,10-11H,9,12H2/b8-5+. The van der Waals surface area contributed by atoms with E-state index in [9.17, 15) is 4.79 Å². The number of hydrogen-bond acceptors (Lipinski definition) is 3. The van der Waals surface area contributed by atoms with Gasteiger partial charge in [0.15, 0.2) is 12.4 Å². The molecule has 0 unspecified atom stereocenters. The van der Waals surface area contributed by atoms with Gasteiger partial charge in [-0.3, -0.25) is 0 Å². The highest BCUT2D eigenvalue weighted by atomic mass is 79.9. The second-order valence-electron chi connectivity index (χ2n) is 4.87. The van der Waals surface area contributed by atoms with Crippen molar-refractivity contribution < 1.29 is 14.3 Å². The minimum atomic E-state index is -0.520. The maximum Gasteiger partial charge on any atom is 0.331 e. The highest BCUT2D eigenvalue weighted by Crippen LogP contribution is 2.35. The highest BCUT2D eigenvalue weighted by Gasteiger charge is 2.09. The smallest absolute Gasteiger partial charge is 0.331 e. The quantitative estimate of drug-likeness (QED) is 0.337. The lowest BCUT2D eigenvalue weighted by atomic mass is 10.2. The first-order chi connectivity index (χ1) is 12.0. The normalized spacial score (nSPS) is 10.5. The van der Waals surface area contributed by atoms with Crippen molar-refractivity contribution in [1.82, 2.24) is 0 Å². The summed E-state index contributed by atoms with van der Waals surface area (Å²) < 4.78 is 11.2. The van der Waals surface area contributed by atoms with E-state index >= 15 is 0 Å². The molecule has 25 heavy (non-hydrogen) atoms. The molecule has 0 N–H and O–H groups in total. The van der Waals surface area contributed by atoms with Gasteiger partial charge in [0, 0.05) is 11.1 Å². The van der Waals surface area contributed by atoms with E-state index in [0.29, 0.717) is 32.4 Å². The summed E-state index contributed by atoms with van der Waals surface area (Å²) in [4.78, 5) is 11.4. The van der Waals surface area contributed by atoms with Crippen LogP contribution >= 0.6 is 39.1 Å². The molecular formula is C19H13BrCl2O3. The molecule has 0 fully saturated rings. The molecule has 0 aliphatic heterocycles. The van der Waals surface area contributed by atoms with E-state index in [1.54, 1.807) is 30.3 Å². The first-order valence-corrected chi connectivity index (χ1v) is 8.69. The monoisotopic (exact) mass is 438 g/mol. The predicted octanol–water partition coefficient (Wildman–Crippen LogP) is 5.52. The molecule has 0 heterocycles. The summed E-state index contributed by atoms with van der Waals surface area (Å²) in [5, 5.41) is 1.08. The van der Waals surface area contributed by atoms with Gasteiger partial charge in [0.25, 0.3) is 0 Å². The van der Waals surface area contributed by atoms with Crippen LogP contribution in [0.3, 0.4) is 0 Å². The summed E-state index contributed by atoms with van der Waals surface area (Å²) in [6, 6.07) is 10.8. The van der Waals surface area contributed by atoms with Gasteiger partial charge in [-0.05, 0) is 57.4 Å². The predicted molar refractivity (Wildman–Crippen MR) is 104 cm³/mol. The van der Waals surface area contributed by atoms with Crippen LogP contribution < -0.4 is 4.74 Å². The Balaban J connectivity index is 2.06. The van der Waals surface area contributed by atoms with Crippen LogP contribution in [-0.2, 0) is 16.1 Å². The van der Waals surface area contributed by atoms with Crippen LogP contribution in [0, 0.1) is 12.3 Å². The summed E-state index contributed by atoms with van der Waals surface area (Å²) in [6.07, 6.45) is 7.89. The molecule has 2 rings (SSSR count). The third-order valence-electron chi connectivity index (χ3n) is 3.03. The molecule has 0 spiro atoms. The molecule has 0 atom stereocenters. The van der Waals surface area contributed by atoms with E-state index in [-0.39, 0.29) is 6.61 Å². The van der Waals surface area contributed by atoms with Gasteiger partial charge >= 0.3 is 5.97 Å². The molecule has 0 aliphatic carbocycles. The first kappa shape index (κ1) is 19.4. The number of rotatable bonds is 6. The van der Waals surface area contributed by atoms with Gasteiger partial charge in [-0.25, -0.2) is 4.79 Å². The average molecular weight is 440 g/mol. The third kappa shape index (κ3) is 6.13. The van der Waals surface area contributed by atoms with Gasteiger partial charge in [-0.1, -0.05) is 41.3 Å². The Morgan fingerprint density at radius 2 is 1.96 bits per heavy atom. The molecule has 6 heteroatoms. The SMILES string of the molecule is C#CCOC(=O)/C=C/c1cc(Cl)c(OCc2ccc(Cl)cc2)c(Br)c1. The fourth-order valence-electron chi connectivity index (χ4n) is 1.87. The Labute approximate surface area is 164 Å². The van der Waals surface area contributed by atoms with Crippen LogP contribution in [0.25, 0.3) is 6.08 Å². The lowest BCUT2D eigenvalue weighted by molar-refractivity contribution is -0.136. The molecule has 0 saturated heterocycles. The molecule has 3 nitrogen and oxygen atoms in total. The molecule has 128 valence electrons. The van der Waals surface area contributed by atoms with Gasteiger partial charge in [-0.15, -0.1) is 6.42 Å². The van der Waals surface area contributed by atoms with E-state index in [1.165, 1.54) is 6.08 Å². The second-order valence-corrected chi connectivity index (χ2v) is 6.57. The summed E-state index contributed by atoms with van der Waals surface area (Å²) in [5.41, 5.74) is 1.68. The lowest BCUT2D eigenvalue weighted by Crippen LogP contribution is -2.00. The maximum atomic E-state index is 11.4. The molecule has 0 aliphatic rings. The summed E-state index contributed by atoms with van der Waals surface area (Å²) in [7, 11) is 0. The minimum Gasteiger partial charge on any atom is -0.486 e. The molecule has 0 amide bonds. The van der Waals surface area contributed by atoms with Crippen LogP contribution in [-0.4, -0.2) is 12.6 Å². The van der Waals surface area contributed by atoms with Crippen molar-refractivity contribution in [2.75, 3.05) is 6.61 Å². The van der Waals surface area contributed by atoms with Gasteiger partial charge in [0.1, 0.15) is 6.61 Å². The number of halogens is 3. The van der Waals surface area contributed by atoms with Gasteiger partial charge < -0.3 is 9.47 Å². The lowest BCUT2D eigenvalue weighted by Gasteiger charge is -2.11. The van der Waals surface area contributed by atoms with E-state index in [0.717, 1.165) is 5.56 Å². The van der Waals surface area contributed by atoms with Crippen molar-refractivity contribution in [3.05, 3.63) is 68.1 Å². The Hall–Kier alpha value is -1.93. The Morgan fingerprint density at radius 3 is 2.60 bits per heavy atom. The van der Waals surface area contributed by atoms with Crippen LogP contribution in [0.4, 0.5) is 0 Å². The van der Waals surface area contributed by atoms with Crippen LogP contribution in [0.2, 0.25) is 10.0 Å². The zero-order chi connectivity index (χ0) is 18.2. The number of hydrogen-bond donors (Lipinski definition) is 0. The van der Waals surface area contributed by atoms with Crippen LogP contribution in [0.15, 0.2) is 46.9 Å². The Bertz CT molecular complexity index is 801. The molecule has 0 aromatic heterocycles. The number of carbonyl (C=O) groups excluding carboxylic acids is 1.